The van der Waals surface area contributed by atoms with Crippen molar-refractivity contribution in [3.05, 3.63) is 65.7 Å². The van der Waals surface area contributed by atoms with E-state index in [0.29, 0.717) is 19.7 Å². The summed E-state index contributed by atoms with van der Waals surface area (Å²) in [5.74, 6) is -0.0645. The van der Waals surface area contributed by atoms with Gasteiger partial charge in [-0.3, -0.25) is 9.69 Å². The van der Waals surface area contributed by atoms with Crippen molar-refractivity contribution in [2.45, 2.75) is 13.2 Å². The quantitative estimate of drug-likeness (QED) is 0.890. The lowest BCUT2D eigenvalue weighted by Crippen LogP contribution is -2.49. The summed E-state index contributed by atoms with van der Waals surface area (Å²) in [6.07, 6.45) is 0. The van der Waals surface area contributed by atoms with Crippen LogP contribution in [0.25, 0.3) is 0 Å². The summed E-state index contributed by atoms with van der Waals surface area (Å²) in [6.45, 7) is 2.58. The molecule has 114 valence electrons. The SMILES string of the molecule is O=C(O)C1CN(Cc2cccc(OCc3ccccc3)c2)C1. The van der Waals surface area contributed by atoms with E-state index in [-0.39, 0.29) is 5.92 Å². The lowest BCUT2D eigenvalue weighted by molar-refractivity contribution is -0.147. The van der Waals surface area contributed by atoms with Gasteiger partial charge in [0.1, 0.15) is 12.4 Å². The third-order valence-corrected chi connectivity index (χ3v) is 3.86. The van der Waals surface area contributed by atoms with Gasteiger partial charge < -0.3 is 9.84 Å². The Labute approximate surface area is 130 Å². The molecule has 0 bridgehead atoms. The summed E-state index contributed by atoms with van der Waals surface area (Å²) >= 11 is 0. The Bertz CT molecular complexity index is 636. The van der Waals surface area contributed by atoms with E-state index in [1.54, 1.807) is 0 Å². The average molecular weight is 297 g/mol. The minimum atomic E-state index is -0.698. The van der Waals surface area contributed by atoms with Crippen LogP contribution in [-0.2, 0) is 17.9 Å². The second-order valence-corrected chi connectivity index (χ2v) is 5.65. The molecule has 0 saturated carbocycles. The normalized spacial score (nSPS) is 15.3. The van der Waals surface area contributed by atoms with Crippen molar-refractivity contribution in [3.8, 4) is 5.75 Å². The van der Waals surface area contributed by atoms with E-state index in [4.69, 9.17) is 9.84 Å². The number of hydrogen-bond donors (Lipinski definition) is 1. The van der Waals surface area contributed by atoms with Crippen molar-refractivity contribution in [3.63, 3.8) is 0 Å². The highest BCUT2D eigenvalue weighted by atomic mass is 16.5. The first kappa shape index (κ1) is 14.6. The number of ether oxygens (including phenoxy) is 1. The zero-order chi connectivity index (χ0) is 15.4. The molecule has 1 N–H and O–H groups in total. The lowest BCUT2D eigenvalue weighted by atomic mass is 9.99. The van der Waals surface area contributed by atoms with Crippen molar-refractivity contribution in [2.75, 3.05) is 13.1 Å². The molecule has 2 aromatic carbocycles. The standard InChI is InChI=1S/C18H19NO3/c20-18(21)16-11-19(12-16)10-15-7-4-8-17(9-15)22-13-14-5-2-1-3-6-14/h1-9,16H,10-13H2,(H,20,21). The maximum atomic E-state index is 10.8. The fraction of sp³-hybridized carbons (Fsp3) is 0.278. The molecule has 1 aliphatic rings. The number of aliphatic carboxylic acids is 1. The number of nitrogens with zero attached hydrogens (tertiary/aromatic N) is 1. The summed E-state index contributed by atoms with van der Waals surface area (Å²) in [7, 11) is 0. The third kappa shape index (κ3) is 3.65. The van der Waals surface area contributed by atoms with Crippen molar-refractivity contribution >= 4 is 5.97 Å². The van der Waals surface area contributed by atoms with Gasteiger partial charge >= 0.3 is 5.97 Å². The summed E-state index contributed by atoms with van der Waals surface area (Å²) in [6, 6.07) is 18.1. The van der Waals surface area contributed by atoms with Gasteiger partial charge in [0.2, 0.25) is 0 Å². The van der Waals surface area contributed by atoms with E-state index >= 15 is 0 Å². The van der Waals surface area contributed by atoms with Crippen molar-refractivity contribution < 1.29 is 14.6 Å². The summed E-state index contributed by atoms with van der Waals surface area (Å²) in [5, 5.41) is 8.89. The van der Waals surface area contributed by atoms with Crippen LogP contribution in [0.5, 0.6) is 5.75 Å². The van der Waals surface area contributed by atoms with Crippen molar-refractivity contribution in [1.29, 1.82) is 0 Å². The molecule has 1 aliphatic heterocycles. The number of carboxylic acid groups (broad SMARTS) is 1. The molecule has 0 amide bonds. The van der Waals surface area contributed by atoms with Crippen LogP contribution in [0.15, 0.2) is 54.6 Å². The molecule has 0 aromatic heterocycles. The number of carbonyl (C=O) groups is 1. The smallest absolute Gasteiger partial charge is 0.309 e. The van der Waals surface area contributed by atoms with Crippen LogP contribution in [-0.4, -0.2) is 29.1 Å². The maximum Gasteiger partial charge on any atom is 0.309 e. The largest absolute Gasteiger partial charge is 0.489 e. The highest BCUT2D eigenvalue weighted by Gasteiger charge is 2.32. The van der Waals surface area contributed by atoms with Crippen LogP contribution in [0.3, 0.4) is 0 Å². The Morgan fingerprint density at radius 2 is 1.82 bits per heavy atom. The number of likely N-dealkylation sites (tertiary alicyclic amines) is 1. The van der Waals surface area contributed by atoms with E-state index < -0.39 is 5.97 Å². The highest BCUT2D eigenvalue weighted by molar-refractivity contribution is 5.71. The maximum absolute atomic E-state index is 10.8. The Morgan fingerprint density at radius 1 is 1.09 bits per heavy atom. The monoisotopic (exact) mass is 297 g/mol. The molecule has 4 nitrogen and oxygen atoms in total. The minimum absolute atomic E-state index is 0.211. The molecule has 4 heteroatoms. The molecule has 1 fully saturated rings. The zero-order valence-corrected chi connectivity index (χ0v) is 12.3. The third-order valence-electron chi connectivity index (χ3n) is 3.86. The van der Waals surface area contributed by atoms with E-state index in [2.05, 4.69) is 4.90 Å². The van der Waals surface area contributed by atoms with E-state index in [1.165, 1.54) is 0 Å². The molecule has 0 spiro atoms. The van der Waals surface area contributed by atoms with Gasteiger partial charge in [0, 0.05) is 19.6 Å². The van der Waals surface area contributed by atoms with Crippen molar-refractivity contribution in [1.82, 2.24) is 4.90 Å². The number of carboxylic acids is 1. The van der Waals surface area contributed by atoms with Gasteiger partial charge in [0.05, 0.1) is 5.92 Å². The van der Waals surface area contributed by atoms with Crippen LogP contribution in [0.2, 0.25) is 0 Å². The van der Waals surface area contributed by atoms with Crippen molar-refractivity contribution in [2.24, 2.45) is 5.92 Å². The number of hydrogen-bond acceptors (Lipinski definition) is 3. The minimum Gasteiger partial charge on any atom is -0.489 e. The van der Waals surface area contributed by atoms with Crippen LogP contribution in [0.1, 0.15) is 11.1 Å². The summed E-state index contributed by atoms with van der Waals surface area (Å²) in [4.78, 5) is 12.9. The van der Waals surface area contributed by atoms with Crippen LogP contribution in [0.4, 0.5) is 0 Å². The summed E-state index contributed by atoms with van der Waals surface area (Å²) in [5.41, 5.74) is 2.29. The Balaban J connectivity index is 1.53. The Kier molecular flexibility index (Phi) is 4.39. The molecule has 2 aromatic rings. The van der Waals surface area contributed by atoms with Crippen LogP contribution < -0.4 is 4.74 Å². The second kappa shape index (κ2) is 6.62. The highest BCUT2D eigenvalue weighted by Crippen LogP contribution is 2.21. The van der Waals surface area contributed by atoms with Crippen LogP contribution in [0, 0.1) is 5.92 Å². The van der Waals surface area contributed by atoms with Gasteiger partial charge in [-0.1, -0.05) is 42.5 Å². The first-order valence-corrected chi connectivity index (χ1v) is 7.41. The first-order chi connectivity index (χ1) is 10.7. The van der Waals surface area contributed by atoms with Crippen LogP contribution >= 0.6 is 0 Å². The van der Waals surface area contributed by atoms with Gasteiger partial charge in [-0.2, -0.15) is 0 Å². The average Bonchev–Trinajstić information content (AvgIpc) is 2.49. The number of rotatable bonds is 6. The molecule has 0 aliphatic carbocycles. The molecule has 0 radical (unpaired) electrons. The van der Waals surface area contributed by atoms with Gasteiger partial charge in [-0.05, 0) is 23.3 Å². The first-order valence-electron chi connectivity index (χ1n) is 7.41. The van der Waals surface area contributed by atoms with E-state index in [9.17, 15) is 4.79 Å². The lowest BCUT2D eigenvalue weighted by Gasteiger charge is -2.36. The van der Waals surface area contributed by atoms with Gasteiger partial charge in [-0.15, -0.1) is 0 Å². The van der Waals surface area contributed by atoms with Gasteiger partial charge in [0.25, 0.3) is 0 Å². The zero-order valence-electron chi connectivity index (χ0n) is 12.3. The Hall–Kier alpha value is -2.33. The fourth-order valence-electron chi connectivity index (χ4n) is 2.59. The van der Waals surface area contributed by atoms with Gasteiger partial charge in [-0.25, -0.2) is 0 Å². The predicted octanol–water partition coefficient (Wildman–Crippen LogP) is 2.78. The molecule has 1 saturated heterocycles. The van der Waals surface area contributed by atoms with E-state index in [1.807, 2.05) is 54.6 Å². The molecule has 3 rings (SSSR count). The molecular weight excluding hydrogens is 278 g/mol. The molecule has 1 heterocycles. The predicted molar refractivity (Wildman–Crippen MR) is 83.6 cm³/mol. The fourth-order valence-corrected chi connectivity index (χ4v) is 2.59. The second-order valence-electron chi connectivity index (χ2n) is 5.65. The topological polar surface area (TPSA) is 49.8 Å². The molecule has 0 unspecified atom stereocenters. The van der Waals surface area contributed by atoms with Gasteiger partial charge in [0.15, 0.2) is 0 Å². The molecule has 0 atom stereocenters. The van der Waals surface area contributed by atoms with E-state index in [0.717, 1.165) is 23.4 Å². The Morgan fingerprint density at radius 3 is 2.55 bits per heavy atom. The molecule has 22 heavy (non-hydrogen) atoms. The molecular formula is C18H19NO3. The number of benzene rings is 2. The summed E-state index contributed by atoms with van der Waals surface area (Å²) < 4.78 is 5.81.